The van der Waals surface area contributed by atoms with Crippen molar-refractivity contribution in [2.24, 2.45) is 4.99 Å². The minimum atomic E-state index is 0.780. The van der Waals surface area contributed by atoms with E-state index in [0.29, 0.717) is 0 Å². The molecule has 2 nitrogen and oxygen atoms in total. The molecule has 2 aromatic rings. The molecule has 0 unspecified atom stereocenters. The van der Waals surface area contributed by atoms with E-state index in [-0.39, 0.29) is 0 Å². The van der Waals surface area contributed by atoms with E-state index in [1.807, 2.05) is 6.21 Å². The molecule has 0 aliphatic heterocycles. The summed E-state index contributed by atoms with van der Waals surface area (Å²) < 4.78 is 0. The molecule has 1 N–H and O–H groups in total. The highest BCUT2D eigenvalue weighted by Gasteiger charge is 1.90. The zero-order chi connectivity index (χ0) is 13.5. The van der Waals surface area contributed by atoms with Crippen LogP contribution in [0.2, 0.25) is 0 Å². The fourth-order valence-electron chi connectivity index (χ4n) is 1.76. The molecular weight excluding hydrogens is 232 g/mol. The minimum Gasteiger partial charge on any atom is -0.383 e. The lowest BCUT2D eigenvalue weighted by molar-refractivity contribution is 1.03. The molecule has 0 aromatic heterocycles. The van der Waals surface area contributed by atoms with Gasteiger partial charge in [0.2, 0.25) is 0 Å². The number of anilines is 1. The van der Waals surface area contributed by atoms with Crippen molar-refractivity contribution in [2.75, 3.05) is 18.4 Å². The third-order valence-electron chi connectivity index (χ3n) is 2.94. The van der Waals surface area contributed by atoms with Crippen LogP contribution in [0.25, 0.3) is 0 Å². The van der Waals surface area contributed by atoms with Gasteiger partial charge in [-0.3, -0.25) is 4.99 Å². The molecule has 2 aromatic carbocycles. The molecule has 0 atom stereocenters. The van der Waals surface area contributed by atoms with Gasteiger partial charge in [-0.25, -0.2) is 0 Å². The standard InChI is InChI=1S/C17H20N2/c1-14-3-7-16(8-4-14)13-18-11-12-19-17-9-5-15(2)6-10-17/h3-10,13,19H,11-12H2,1-2H3. The first-order valence-corrected chi connectivity index (χ1v) is 6.61. The van der Waals surface area contributed by atoms with E-state index in [4.69, 9.17) is 0 Å². The molecule has 0 bridgehead atoms. The first kappa shape index (κ1) is 13.3. The zero-order valence-corrected chi connectivity index (χ0v) is 11.6. The van der Waals surface area contributed by atoms with E-state index in [1.54, 1.807) is 0 Å². The first-order chi connectivity index (χ1) is 9.24. The number of nitrogens with zero attached hydrogens (tertiary/aromatic N) is 1. The van der Waals surface area contributed by atoms with Gasteiger partial charge in [0, 0.05) is 18.4 Å². The molecule has 0 saturated carbocycles. The van der Waals surface area contributed by atoms with E-state index in [0.717, 1.165) is 24.3 Å². The smallest absolute Gasteiger partial charge is 0.0562 e. The molecule has 0 saturated heterocycles. The molecule has 2 rings (SSSR count). The summed E-state index contributed by atoms with van der Waals surface area (Å²) in [5, 5.41) is 3.35. The van der Waals surface area contributed by atoms with Crippen LogP contribution >= 0.6 is 0 Å². The van der Waals surface area contributed by atoms with Gasteiger partial charge in [0.25, 0.3) is 0 Å². The van der Waals surface area contributed by atoms with Crippen molar-refractivity contribution in [1.82, 2.24) is 0 Å². The Morgan fingerprint density at radius 3 is 2.11 bits per heavy atom. The SMILES string of the molecule is Cc1ccc(C=NCCNc2ccc(C)cc2)cc1. The third kappa shape index (κ3) is 4.59. The lowest BCUT2D eigenvalue weighted by atomic mass is 10.2. The number of aliphatic imine (C=N–C) groups is 1. The Kier molecular flexibility index (Phi) is 4.73. The van der Waals surface area contributed by atoms with Crippen LogP contribution < -0.4 is 5.32 Å². The summed E-state index contributed by atoms with van der Waals surface area (Å²) in [5.41, 5.74) is 4.86. The van der Waals surface area contributed by atoms with Gasteiger partial charge < -0.3 is 5.32 Å². The van der Waals surface area contributed by atoms with Crippen LogP contribution in [0.5, 0.6) is 0 Å². The molecule has 0 heterocycles. The summed E-state index contributed by atoms with van der Waals surface area (Å²) in [6.07, 6.45) is 1.93. The van der Waals surface area contributed by atoms with Gasteiger partial charge in [0.1, 0.15) is 0 Å². The monoisotopic (exact) mass is 252 g/mol. The van der Waals surface area contributed by atoms with Gasteiger partial charge in [-0.1, -0.05) is 47.5 Å². The van der Waals surface area contributed by atoms with Gasteiger partial charge in [0.05, 0.1) is 6.54 Å². The number of hydrogen-bond acceptors (Lipinski definition) is 2. The Hall–Kier alpha value is -2.09. The number of aryl methyl sites for hydroxylation is 2. The molecule has 0 radical (unpaired) electrons. The third-order valence-corrected chi connectivity index (χ3v) is 2.94. The van der Waals surface area contributed by atoms with Gasteiger partial charge >= 0.3 is 0 Å². The predicted octanol–water partition coefficient (Wildman–Crippen LogP) is 3.83. The highest BCUT2D eigenvalue weighted by molar-refractivity contribution is 5.79. The molecule has 0 fully saturated rings. The molecule has 98 valence electrons. The second kappa shape index (κ2) is 6.74. The Morgan fingerprint density at radius 1 is 0.895 bits per heavy atom. The Bertz CT molecular complexity index is 524. The second-order valence-electron chi connectivity index (χ2n) is 4.74. The van der Waals surface area contributed by atoms with Crippen LogP contribution in [0, 0.1) is 13.8 Å². The van der Waals surface area contributed by atoms with Crippen LogP contribution in [0.1, 0.15) is 16.7 Å². The first-order valence-electron chi connectivity index (χ1n) is 6.61. The van der Waals surface area contributed by atoms with E-state index >= 15 is 0 Å². The largest absolute Gasteiger partial charge is 0.383 e. The molecule has 0 spiro atoms. The summed E-state index contributed by atoms with van der Waals surface area (Å²) >= 11 is 0. The van der Waals surface area contributed by atoms with E-state index in [1.165, 1.54) is 11.1 Å². The fourth-order valence-corrected chi connectivity index (χ4v) is 1.76. The minimum absolute atomic E-state index is 0.780. The lowest BCUT2D eigenvalue weighted by Crippen LogP contribution is -2.04. The van der Waals surface area contributed by atoms with Crippen molar-refractivity contribution < 1.29 is 0 Å². The van der Waals surface area contributed by atoms with Crippen LogP contribution in [0.3, 0.4) is 0 Å². The second-order valence-corrected chi connectivity index (χ2v) is 4.74. The van der Waals surface area contributed by atoms with Gasteiger partial charge in [-0.05, 0) is 31.5 Å². The summed E-state index contributed by atoms with van der Waals surface area (Å²) in [6, 6.07) is 16.8. The van der Waals surface area contributed by atoms with E-state index in [2.05, 4.69) is 72.7 Å². The highest BCUT2D eigenvalue weighted by atomic mass is 14.9. The Balaban J connectivity index is 1.74. The maximum Gasteiger partial charge on any atom is 0.0562 e. The number of nitrogens with one attached hydrogen (secondary N) is 1. The number of rotatable bonds is 5. The number of benzene rings is 2. The summed E-state index contributed by atoms with van der Waals surface area (Å²) in [6.45, 7) is 5.81. The topological polar surface area (TPSA) is 24.4 Å². The van der Waals surface area contributed by atoms with Crippen molar-refractivity contribution >= 4 is 11.9 Å². The van der Waals surface area contributed by atoms with Crippen LogP contribution in [0.4, 0.5) is 5.69 Å². The van der Waals surface area contributed by atoms with Crippen molar-refractivity contribution in [3.63, 3.8) is 0 Å². The van der Waals surface area contributed by atoms with Crippen molar-refractivity contribution in [3.05, 3.63) is 65.2 Å². The van der Waals surface area contributed by atoms with Gasteiger partial charge in [-0.15, -0.1) is 0 Å². The van der Waals surface area contributed by atoms with Gasteiger partial charge in [-0.2, -0.15) is 0 Å². The summed E-state index contributed by atoms with van der Waals surface area (Å²) in [5.74, 6) is 0. The van der Waals surface area contributed by atoms with Crippen molar-refractivity contribution in [1.29, 1.82) is 0 Å². The van der Waals surface area contributed by atoms with Crippen LogP contribution in [-0.2, 0) is 0 Å². The van der Waals surface area contributed by atoms with E-state index < -0.39 is 0 Å². The van der Waals surface area contributed by atoms with Crippen molar-refractivity contribution in [3.8, 4) is 0 Å². The highest BCUT2D eigenvalue weighted by Crippen LogP contribution is 2.07. The maximum absolute atomic E-state index is 4.42. The molecule has 0 amide bonds. The Morgan fingerprint density at radius 2 is 1.47 bits per heavy atom. The quantitative estimate of drug-likeness (QED) is 0.634. The van der Waals surface area contributed by atoms with Crippen molar-refractivity contribution in [2.45, 2.75) is 13.8 Å². The number of hydrogen-bond donors (Lipinski definition) is 1. The molecule has 19 heavy (non-hydrogen) atoms. The summed E-state index contributed by atoms with van der Waals surface area (Å²) in [7, 11) is 0. The van der Waals surface area contributed by atoms with Crippen LogP contribution in [-0.4, -0.2) is 19.3 Å². The molecule has 2 heteroatoms. The van der Waals surface area contributed by atoms with Crippen LogP contribution in [0.15, 0.2) is 53.5 Å². The van der Waals surface area contributed by atoms with E-state index in [9.17, 15) is 0 Å². The molecular formula is C17H20N2. The average Bonchev–Trinajstić information content (AvgIpc) is 2.43. The Labute approximate surface area is 115 Å². The summed E-state index contributed by atoms with van der Waals surface area (Å²) in [4.78, 5) is 4.42. The molecule has 0 aliphatic carbocycles. The van der Waals surface area contributed by atoms with Gasteiger partial charge in [0.15, 0.2) is 0 Å². The normalized spacial score (nSPS) is 10.8. The molecule has 0 aliphatic rings. The maximum atomic E-state index is 4.42. The predicted molar refractivity (Wildman–Crippen MR) is 83.3 cm³/mol. The fraction of sp³-hybridized carbons (Fsp3) is 0.235. The average molecular weight is 252 g/mol. The lowest BCUT2D eigenvalue weighted by Gasteiger charge is -2.04. The zero-order valence-electron chi connectivity index (χ0n) is 11.6.